The van der Waals surface area contributed by atoms with E-state index in [9.17, 15) is 10.1 Å². The minimum absolute atomic E-state index is 0.0470. The van der Waals surface area contributed by atoms with Crippen LogP contribution in [0.15, 0.2) is 22.7 Å². The molecule has 0 N–H and O–H groups in total. The Balaban J connectivity index is 2.58. The van der Waals surface area contributed by atoms with E-state index < -0.39 is 4.92 Å². The number of benzene rings is 1. The van der Waals surface area contributed by atoms with E-state index in [1.54, 1.807) is 19.1 Å². The number of aromatic nitrogens is 2. The smallest absolute Gasteiger partial charge is 0.273 e. The average Bonchev–Trinajstić information content (AvgIpc) is 2.64. The second-order valence-electron chi connectivity index (χ2n) is 3.08. The second-order valence-corrected chi connectivity index (χ2v) is 4.04. The molecule has 16 heavy (non-hydrogen) atoms. The predicted octanol–water partition coefficient (Wildman–Crippen LogP) is 2.56. The van der Waals surface area contributed by atoms with Gasteiger partial charge in [0.05, 0.1) is 4.92 Å². The van der Waals surface area contributed by atoms with Crippen molar-refractivity contribution in [1.29, 1.82) is 0 Å². The summed E-state index contributed by atoms with van der Waals surface area (Å²) in [6, 6.07) is 4.75. The zero-order valence-electron chi connectivity index (χ0n) is 8.18. The first kappa shape index (κ1) is 11.0. The van der Waals surface area contributed by atoms with E-state index in [0.29, 0.717) is 20.8 Å². The van der Waals surface area contributed by atoms with Gasteiger partial charge < -0.3 is 4.52 Å². The standard InChI is InChI=1S/C9H6IN3O3/c1-5-6(8-11-9(10)12-16-8)3-2-4-7(5)13(14)15/h2-4H,1H3. The topological polar surface area (TPSA) is 82.1 Å². The van der Waals surface area contributed by atoms with E-state index in [1.807, 2.05) is 22.6 Å². The van der Waals surface area contributed by atoms with Gasteiger partial charge in [0.15, 0.2) is 0 Å². The van der Waals surface area contributed by atoms with Crippen molar-refractivity contribution in [2.45, 2.75) is 6.92 Å². The van der Waals surface area contributed by atoms with Crippen LogP contribution >= 0.6 is 22.6 Å². The Morgan fingerprint density at radius 3 is 2.81 bits per heavy atom. The highest BCUT2D eigenvalue weighted by Gasteiger charge is 2.17. The maximum atomic E-state index is 10.7. The molecule has 1 aromatic carbocycles. The van der Waals surface area contributed by atoms with Gasteiger partial charge in [0, 0.05) is 39.8 Å². The zero-order valence-corrected chi connectivity index (χ0v) is 10.3. The Kier molecular flexibility index (Phi) is 2.86. The molecule has 6 nitrogen and oxygen atoms in total. The fourth-order valence-corrected chi connectivity index (χ4v) is 1.69. The van der Waals surface area contributed by atoms with Crippen molar-refractivity contribution in [1.82, 2.24) is 10.1 Å². The molecule has 0 bridgehead atoms. The summed E-state index contributed by atoms with van der Waals surface area (Å²) in [4.78, 5) is 14.3. The van der Waals surface area contributed by atoms with E-state index in [-0.39, 0.29) is 5.69 Å². The second kappa shape index (κ2) is 4.16. The van der Waals surface area contributed by atoms with Crippen molar-refractivity contribution in [3.63, 3.8) is 0 Å². The van der Waals surface area contributed by atoms with Crippen LogP contribution in [0.25, 0.3) is 11.5 Å². The molecule has 0 saturated carbocycles. The molecule has 0 radical (unpaired) electrons. The summed E-state index contributed by atoms with van der Waals surface area (Å²) in [7, 11) is 0. The summed E-state index contributed by atoms with van der Waals surface area (Å²) < 4.78 is 5.45. The Labute approximate surface area is 104 Å². The van der Waals surface area contributed by atoms with Crippen molar-refractivity contribution < 1.29 is 9.45 Å². The van der Waals surface area contributed by atoms with E-state index in [2.05, 4.69) is 10.1 Å². The maximum absolute atomic E-state index is 10.7. The number of hydrogen-bond donors (Lipinski definition) is 0. The minimum atomic E-state index is -0.430. The molecule has 0 aliphatic heterocycles. The number of nitrogens with zero attached hydrogens (tertiary/aromatic N) is 3. The van der Waals surface area contributed by atoms with Gasteiger partial charge in [0.25, 0.3) is 11.6 Å². The first-order valence-electron chi connectivity index (χ1n) is 4.33. The molecule has 0 aliphatic carbocycles. The quantitative estimate of drug-likeness (QED) is 0.480. The SMILES string of the molecule is Cc1c(-c2nc(I)no2)cccc1[N+](=O)[O-]. The van der Waals surface area contributed by atoms with Crippen molar-refractivity contribution in [3.05, 3.63) is 37.7 Å². The highest BCUT2D eigenvalue weighted by Crippen LogP contribution is 2.28. The number of nitro benzene ring substituents is 1. The molecule has 1 heterocycles. The van der Waals surface area contributed by atoms with Gasteiger partial charge in [-0.1, -0.05) is 11.2 Å². The Morgan fingerprint density at radius 2 is 2.25 bits per heavy atom. The molecule has 0 saturated heterocycles. The summed E-state index contributed by atoms with van der Waals surface area (Å²) in [6.07, 6.45) is 0. The van der Waals surface area contributed by atoms with Gasteiger partial charge in [0.1, 0.15) is 0 Å². The molecule has 0 spiro atoms. The number of rotatable bonds is 2. The average molecular weight is 331 g/mol. The third-order valence-corrected chi connectivity index (χ3v) is 2.57. The summed E-state index contributed by atoms with van der Waals surface area (Å²) in [5.41, 5.74) is 1.16. The first-order chi connectivity index (χ1) is 7.59. The molecule has 0 aliphatic rings. The fourth-order valence-electron chi connectivity index (χ4n) is 1.37. The maximum Gasteiger partial charge on any atom is 0.273 e. The van der Waals surface area contributed by atoms with Crippen molar-refractivity contribution in [2.75, 3.05) is 0 Å². The summed E-state index contributed by atoms with van der Waals surface area (Å²) in [6.45, 7) is 1.66. The molecule has 0 fully saturated rings. The van der Waals surface area contributed by atoms with E-state index in [4.69, 9.17) is 4.52 Å². The largest absolute Gasteiger partial charge is 0.333 e. The lowest BCUT2D eigenvalue weighted by Gasteiger charge is -2.00. The van der Waals surface area contributed by atoms with Crippen LogP contribution < -0.4 is 0 Å². The Morgan fingerprint density at radius 1 is 1.50 bits per heavy atom. The third kappa shape index (κ3) is 1.90. The first-order valence-corrected chi connectivity index (χ1v) is 5.41. The van der Waals surface area contributed by atoms with Crippen LogP contribution in [0.2, 0.25) is 0 Å². The molecular formula is C9H6IN3O3. The van der Waals surface area contributed by atoms with Crippen LogP contribution in [0.5, 0.6) is 0 Å². The third-order valence-electron chi connectivity index (χ3n) is 2.13. The van der Waals surface area contributed by atoms with E-state index in [0.717, 1.165) is 0 Å². The van der Waals surface area contributed by atoms with Gasteiger partial charge in [0.2, 0.25) is 3.83 Å². The number of halogens is 1. The van der Waals surface area contributed by atoms with Gasteiger partial charge in [-0.2, -0.15) is 4.98 Å². The van der Waals surface area contributed by atoms with E-state index in [1.165, 1.54) is 6.07 Å². The summed E-state index contributed by atoms with van der Waals surface area (Å²) in [5, 5.41) is 14.4. The molecule has 7 heteroatoms. The van der Waals surface area contributed by atoms with Gasteiger partial charge in [-0.15, -0.1) is 0 Å². The predicted molar refractivity (Wildman–Crippen MR) is 63.8 cm³/mol. The molecule has 0 atom stereocenters. The van der Waals surface area contributed by atoms with Crippen molar-refractivity contribution in [3.8, 4) is 11.5 Å². The Hall–Kier alpha value is -1.51. The highest BCUT2D eigenvalue weighted by molar-refractivity contribution is 14.1. The lowest BCUT2D eigenvalue weighted by Crippen LogP contribution is -1.93. The lowest BCUT2D eigenvalue weighted by molar-refractivity contribution is -0.385. The van der Waals surface area contributed by atoms with Gasteiger partial charge in [-0.05, 0) is 13.0 Å². The molecule has 1 aromatic heterocycles. The molecular weight excluding hydrogens is 325 g/mol. The van der Waals surface area contributed by atoms with Crippen molar-refractivity contribution in [2.24, 2.45) is 0 Å². The molecule has 82 valence electrons. The van der Waals surface area contributed by atoms with Gasteiger partial charge in [-0.3, -0.25) is 10.1 Å². The van der Waals surface area contributed by atoms with Crippen LogP contribution in [0.3, 0.4) is 0 Å². The summed E-state index contributed by atoms with van der Waals surface area (Å²) in [5.74, 6) is 0.297. The fraction of sp³-hybridized carbons (Fsp3) is 0.111. The Bertz CT molecular complexity index is 553. The van der Waals surface area contributed by atoms with Crippen LogP contribution in [0.4, 0.5) is 5.69 Å². The van der Waals surface area contributed by atoms with Gasteiger partial charge in [-0.25, -0.2) is 0 Å². The van der Waals surface area contributed by atoms with Crippen LogP contribution in [-0.4, -0.2) is 15.1 Å². The molecule has 2 rings (SSSR count). The van der Waals surface area contributed by atoms with Crippen LogP contribution in [0, 0.1) is 20.9 Å². The van der Waals surface area contributed by atoms with Gasteiger partial charge >= 0.3 is 0 Å². The zero-order chi connectivity index (χ0) is 11.7. The molecule has 2 aromatic rings. The normalized spacial score (nSPS) is 10.4. The number of hydrogen-bond acceptors (Lipinski definition) is 5. The van der Waals surface area contributed by atoms with Crippen molar-refractivity contribution >= 4 is 28.3 Å². The van der Waals surface area contributed by atoms with Crippen LogP contribution in [0.1, 0.15) is 5.56 Å². The molecule has 0 amide bonds. The lowest BCUT2D eigenvalue weighted by atomic mass is 10.1. The monoisotopic (exact) mass is 331 g/mol. The van der Waals surface area contributed by atoms with Crippen LogP contribution in [-0.2, 0) is 0 Å². The number of nitro groups is 1. The summed E-state index contributed by atoms with van der Waals surface area (Å²) >= 11 is 1.91. The highest BCUT2D eigenvalue weighted by atomic mass is 127. The molecule has 0 unspecified atom stereocenters. The minimum Gasteiger partial charge on any atom is -0.333 e. The van der Waals surface area contributed by atoms with E-state index >= 15 is 0 Å².